The van der Waals surface area contributed by atoms with E-state index in [2.05, 4.69) is 22.1 Å². The van der Waals surface area contributed by atoms with Crippen LogP contribution in [-0.4, -0.2) is 33.8 Å². The van der Waals surface area contributed by atoms with Crippen molar-refractivity contribution < 1.29 is 4.63 Å². The SMILES string of the molecule is CCCN(Cc1nonc1C)C1CCC(N)CC1. The maximum Gasteiger partial charge on any atom is 0.122 e. The van der Waals surface area contributed by atoms with Crippen LogP contribution in [0.2, 0.25) is 0 Å². The van der Waals surface area contributed by atoms with E-state index in [1.165, 1.54) is 12.8 Å². The van der Waals surface area contributed by atoms with Crippen LogP contribution in [0.3, 0.4) is 0 Å². The molecule has 18 heavy (non-hydrogen) atoms. The molecule has 1 aromatic heterocycles. The molecular weight excluding hydrogens is 228 g/mol. The monoisotopic (exact) mass is 252 g/mol. The number of aromatic nitrogens is 2. The van der Waals surface area contributed by atoms with E-state index in [9.17, 15) is 0 Å². The molecule has 0 atom stereocenters. The van der Waals surface area contributed by atoms with Crippen LogP contribution < -0.4 is 5.73 Å². The summed E-state index contributed by atoms with van der Waals surface area (Å²) in [6.45, 7) is 6.12. The van der Waals surface area contributed by atoms with Gasteiger partial charge in [-0.25, -0.2) is 4.63 Å². The Morgan fingerprint density at radius 2 is 2.00 bits per heavy atom. The smallest absolute Gasteiger partial charge is 0.122 e. The van der Waals surface area contributed by atoms with Crippen molar-refractivity contribution in [2.24, 2.45) is 5.73 Å². The molecule has 1 aromatic rings. The van der Waals surface area contributed by atoms with Crippen molar-refractivity contribution in [3.8, 4) is 0 Å². The summed E-state index contributed by atoms with van der Waals surface area (Å²) in [6.07, 6.45) is 5.84. The van der Waals surface area contributed by atoms with E-state index in [0.717, 1.165) is 43.7 Å². The van der Waals surface area contributed by atoms with E-state index in [1.807, 2.05) is 6.92 Å². The first-order valence-electron chi connectivity index (χ1n) is 6.98. The Labute approximate surface area is 109 Å². The highest BCUT2D eigenvalue weighted by Crippen LogP contribution is 2.23. The van der Waals surface area contributed by atoms with E-state index in [4.69, 9.17) is 10.4 Å². The summed E-state index contributed by atoms with van der Waals surface area (Å²) >= 11 is 0. The third-order valence-corrected chi connectivity index (χ3v) is 3.87. The van der Waals surface area contributed by atoms with Crippen LogP contribution in [0, 0.1) is 6.92 Å². The molecular formula is C13H24N4O. The lowest BCUT2D eigenvalue weighted by atomic mass is 9.90. The minimum Gasteiger partial charge on any atom is -0.328 e. The Morgan fingerprint density at radius 1 is 1.28 bits per heavy atom. The summed E-state index contributed by atoms with van der Waals surface area (Å²) in [5, 5.41) is 7.85. The number of nitrogens with two attached hydrogens (primary N) is 1. The fraction of sp³-hybridized carbons (Fsp3) is 0.846. The molecule has 102 valence electrons. The molecule has 1 aliphatic rings. The highest BCUT2D eigenvalue weighted by atomic mass is 16.6. The maximum atomic E-state index is 5.98. The van der Waals surface area contributed by atoms with Crippen molar-refractivity contribution in [3.63, 3.8) is 0 Å². The second-order valence-electron chi connectivity index (χ2n) is 5.34. The van der Waals surface area contributed by atoms with Crippen LogP contribution in [-0.2, 0) is 6.54 Å². The first kappa shape index (κ1) is 13.5. The van der Waals surface area contributed by atoms with Gasteiger partial charge in [0.05, 0.1) is 0 Å². The first-order chi connectivity index (χ1) is 8.70. The van der Waals surface area contributed by atoms with Gasteiger partial charge < -0.3 is 5.73 Å². The predicted octanol–water partition coefficient (Wildman–Crippen LogP) is 1.86. The van der Waals surface area contributed by atoms with E-state index in [1.54, 1.807) is 0 Å². The summed E-state index contributed by atoms with van der Waals surface area (Å²) in [4.78, 5) is 2.51. The number of rotatable bonds is 5. The van der Waals surface area contributed by atoms with Crippen LogP contribution in [0.1, 0.15) is 50.4 Å². The largest absolute Gasteiger partial charge is 0.328 e. The minimum atomic E-state index is 0.403. The Morgan fingerprint density at radius 3 is 2.56 bits per heavy atom. The molecule has 1 aliphatic carbocycles. The molecule has 5 nitrogen and oxygen atoms in total. The lowest BCUT2D eigenvalue weighted by Crippen LogP contribution is -2.41. The van der Waals surface area contributed by atoms with Crippen LogP contribution >= 0.6 is 0 Å². The zero-order chi connectivity index (χ0) is 13.0. The van der Waals surface area contributed by atoms with Crippen LogP contribution in [0.15, 0.2) is 4.63 Å². The highest BCUT2D eigenvalue weighted by Gasteiger charge is 2.25. The quantitative estimate of drug-likeness (QED) is 0.866. The summed E-state index contributed by atoms with van der Waals surface area (Å²) in [7, 11) is 0. The Kier molecular flexibility index (Phi) is 4.72. The van der Waals surface area contributed by atoms with Crippen molar-refractivity contribution >= 4 is 0 Å². The van der Waals surface area contributed by atoms with Crippen molar-refractivity contribution in [1.82, 2.24) is 15.2 Å². The first-order valence-corrected chi connectivity index (χ1v) is 6.98. The summed E-state index contributed by atoms with van der Waals surface area (Å²) in [6, 6.07) is 1.04. The zero-order valence-corrected chi connectivity index (χ0v) is 11.4. The predicted molar refractivity (Wildman–Crippen MR) is 70.0 cm³/mol. The average Bonchev–Trinajstić information content (AvgIpc) is 2.76. The summed E-state index contributed by atoms with van der Waals surface area (Å²) in [5.41, 5.74) is 7.85. The van der Waals surface area contributed by atoms with Crippen molar-refractivity contribution in [1.29, 1.82) is 0 Å². The fourth-order valence-corrected chi connectivity index (χ4v) is 2.73. The molecule has 2 N–H and O–H groups in total. The Bertz CT molecular complexity index is 358. The number of nitrogens with zero attached hydrogens (tertiary/aromatic N) is 3. The molecule has 1 fully saturated rings. The van der Waals surface area contributed by atoms with Gasteiger partial charge in [0, 0.05) is 18.6 Å². The zero-order valence-electron chi connectivity index (χ0n) is 11.4. The Hall–Kier alpha value is -0.940. The van der Waals surface area contributed by atoms with Gasteiger partial charge in [-0.05, 0) is 45.6 Å². The Balaban J connectivity index is 1.97. The molecule has 1 saturated carbocycles. The third-order valence-electron chi connectivity index (χ3n) is 3.87. The van der Waals surface area contributed by atoms with E-state index >= 15 is 0 Å². The van der Waals surface area contributed by atoms with Crippen LogP contribution in [0.4, 0.5) is 0 Å². The van der Waals surface area contributed by atoms with Crippen molar-refractivity contribution in [3.05, 3.63) is 11.4 Å². The maximum absolute atomic E-state index is 5.98. The van der Waals surface area contributed by atoms with Crippen molar-refractivity contribution in [2.45, 2.75) is 64.6 Å². The van der Waals surface area contributed by atoms with Gasteiger partial charge in [-0.1, -0.05) is 17.2 Å². The fourth-order valence-electron chi connectivity index (χ4n) is 2.73. The van der Waals surface area contributed by atoms with Gasteiger partial charge in [-0.2, -0.15) is 0 Å². The van der Waals surface area contributed by atoms with Crippen molar-refractivity contribution in [2.75, 3.05) is 6.54 Å². The number of hydrogen-bond acceptors (Lipinski definition) is 5. The number of aryl methyl sites for hydroxylation is 1. The second-order valence-corrected chi connectivity index (χ2v) is 5.34. The van der Waals surface area contributed by atoms with Gasteiger partial charge >= 0.3 is 0 Å². The van der Waals surface area contributed by atoms with Gasteiger partial charge in [0.25, 0.3) is 0 Å². The molecule has 0 spiro atoms. The van der Waals surface area contributed by atoms with Gasteiger partial charge in [-0.15, -0.1) is 0 Å². The molecule has 1 heterocycles. The average molecular weight is 252 g/mol. The summed E-state index contributed by atoms with van der Waals surface area (Å²) in [5.74, 6) is 0. The molecule has 0 saturated heterocycles. The molecule has 5 heteroatoms. The van der Waals surface area contributed by atoms with E-state index in [0.29, 0.717) is 12.1 Å². The molecule has 0 aliphatic heterocycles. The lowest BCUT2D eigenvalue weighted by Gasteiger charge is -2.35. The standard InChI is InChI=1S/C13H24N4O/c1-3-8-17(9-13-10(2)15-18-16-13)12-6-4-11(14)5-7-12/h11-12H,3-9,14H2,1-2H3. The third kappa shape index (κ3) is 3.29. The van der Waals surface area contributed by atoms with E-state index in [-0.39, 0.29) is 0 Å². The van der Waals surface area contributed by atoms with Gasteiger partial charge in [-0.3, -0.25) is 4.90 Å². The van der Waals surface area contributed by atoms with Gasteiger partial charge in [0.1, 0.15) is 11.4 Å². The molecule has 0 bridgehead atoms. The summed E-state index contributed by atoms with van der Waals surface area (Å²) < 4.78 is 4.78. The van der Waals surface area contributed by atoms with E-state index < -0.39 is 0 Å². The molecule has 0 unspecified atom stereocenters. The highest BCUT2D eigenvalue weighted by molar-refractivity contribution is 5.04. The topological polar surface area (TPSA) is 68.2 Å². The van der Waals surface area contributed by atoms with Crippen LogP contribution in [0.25, 0.3) is 0 Å². The lowest BCUT2D eigenvalue weighted by molar-refractivity contribution is 0.138. The minimum absolute atomic E-state index is 0.403. The second kappa shape index (κ2) is 6.29. The molecule has 0 radical (unpaired) electrons. The normalized spacial score (nSPS) is 24.7. The van der Waals surface area contributed by atoms with Gasteiger partial charge in [0.2, 0.25) is 0 Å². The number of hydrogen-bond donors (Lipinski definition) is 1. The molecule has 0 aromatic carbocycles. The molecule has 2 rings (SSSR count). The van der Waals surface area contributed by atoms with Gasteiger partial charge in [0.15, 0.2) is 0 Å². The molecule has 0 amide bonds. The van der Waals surface area contributed by atoms with Crippen LogP contribution in [0.5, 0.6) is 0 Å².